The van der Waals surface area contributed by atoms with Crippen LogP contribution < -0.4 is 0 Å². The van der Waals surface area contributed by atoms with Crippen molar-refractivity contribution < 1.29 is 23.7 Å². The number of nitrogens with zero attached hydrogens (tertiary/aromatic N) is 4. The fourth-order valence-corrected chi connectivity index (χ4v) is 4.94. The minimum Gasteiger partial charge on any atom is -0.480 e. The van der Waals surface area contributed by atoms with Gasteiger partial charge in [0.25, 0.3) is 5.90 Å². The van der Waals surface area contributed by atoms with Gasteiger partial charge >= 0.3 is 0 Å². The molecule has 0 aliphatic carbocycles. The van der Waals surface area contributed by atoms with E-state index in [-0.39, 0.29) is 24.5 Å². The lowest BCUT2D eigenvalue weighted by Crippen LogP contribution is -2.31. The van der Waals surface area contributed by atoms with Crippen molar-refractivity contribution in [2.45, 2.75) is 46.2 Å². The molecule has 4 rings (SSSR count). The molecule has 41 heavy (non-hydrogen) atoms. The molecule has 0 N–H and O–H groups in total. The maximum absolute atomic E-state index is 12.2. The highest BCUT2D eigenvalue weighted by Gasteiger charge is 2.24. The lowest BCUT2D eigenvalue weighted by atomic mass is 10.1. The number of aryl methyl sites for hydroxylation is 1. The Bertz CT molecular complexity index is 1120. The highest BCUT2D eigenvalue weighted by molar-refractivity contribution is 8.76. The third-order valence-electron chi connectivity index (χ3n) is 5.45. The van der Waals surface area contributed by atoms with Crippen LogP contribution in [0.25, 0.3) is 0 Å². The third-order valence-corrected chi connectivity index (χ3v) is 7.25. The van der Waals surface area contributed by atoms with Crippen LogP contribution in [-0.2, 0) is 25.6 Å². The molecule has 0 bridgehead atoms. The second-order valence-corrected chi connectivity index (χ2v) is 11.2. The van der Waals surface area contributed by atoms with Crippen molar-refractivity contribution in [1.82, 2.24) is 0 Å². The summed E-state index contributed by atoms with van der Waals surface area (Å²) in [7, 11) is 3.48. The lowest BCUT2D eigenvalue weighted by molar-refractivity contribution is -0.0265. The summed E-state index contributed by atoms with van der Waals surface area (Å²) in [5.74, 6) is 2.88. The molecule has 2 aliphatic heterocycles. The molecule has 0 saturated carbocycles. The first-order valence-corrected chi connectivity index (χ1v) is 16.4. The second kappa shape index (κ2) is 20.8. The van der Waals surface area contributed by atoms with E-state index in [9.17, 15) is 4.53 Å². The molecule has 0 aromatic heterocycles. The summed E-state index contributed by atoms with van der Waals surface area (Å²) in [4.78, 5) is 20.9. The van der Waals surface area contributed by atoms with Crippen LogP contribution >= 0.6 is 21.6 Å². The zero-order chi connectivity index (χ0) is 29.7. The molecule has 0 amide bonds. The Morgan fingerprint density at radius 2 is 1.29 bits per heavy atom. The van der Waals surface area contributed by atoms with Gasteiger partial charge in [-0.25, -0.2) is 20.0 Å². The van der Waals surface area contributed by atoms with Crippen LogP contribution in [0.1, 0.15) is 31.9 Å². The normalized spacial score (nSPS) is 17.6. The molecule has 2 aromatic carbocycles. The monoisotopic (exact) mass is 604 g/mol. The van der Waals surface area contributed by atoms with E-state index < -0.39 is 0 Å². The third kappa shape index (κ3) is 13.4. The summed E-state index contributed by atoms with van der Waals surface area (Å²) in [6.45, 7) is 10.3. The molecule has 0 spiro atoms. The summed E-state index contributed by atoms with van der Waals surface area (Å²) in [5, 5.41) is 0. The van der Waals surface area contributed by atoms with Crippen LogP contribution in [0.3, 0.4) is 0 Å². The Hall–Kier alpha value is -3.05. The molecule has 224 valence electrons. The van der Waals surface area contributed by atoms with Gasteiger partial charge in [0, 0.05) is 16.7 Å². The SMILES string of the molecule is CCOC1=NC(CSSC)C(OCC)=NC1.CCOC1=NCC(OF)=NC1Cc1ccccc1.Cc1ccccc1. The summed E-state index contributed by atoms with van der Waals surface area (Å²) < 4.78 is 28.5. The minimum atomic E-state index is -0.313. The van der Waals surface area contributed by atoms with Gasteiger partial charge in [0.15, 0.2) is 0 Å². The molecule has 8 nitrogen and oxygen atoms in total. The van der Waals surface area contributed by atoms with Crippen molar-refractivity contribution >= 4 is 45.2 Å². The van der Waals surface area contributed by atoms with Crippen molar-refractivity contribution in [1.29, 1.82) is 0 Å². The highest BCUT2D eigenvalue weighted by atomic mass is 33.1. The molecule has 0 radical (unpaired) electrons. The van der Waals surface area contributed by atoms with E-state index >= 15 is 0 Å². The Labute approximate surface area is 251 Å². The smallest absolute Gasteiger partial charge is 0.256 e. The van der Waals surface area contributed by atoms with E-state index in [1.807, 2.05) is 69.3 Å². The first-order valence-electron chi connectivity index (χ1n) is 13.6. The number of aliphatic imine (C=N–C) groups is 4. The van der Waals surface area contributed by atoms with Gasteiger partial charge in [-0.3, -0.25) is 4.94 Å². The van der Waals surface area contributed by atoms with E-state index in [4.69, 9.17) is 14.2 Å². The fourth-order valence-electron chi connectivity index (χ4n) is 3.66. The van der Waals surface area contributed by atoms with E-state index in [0.717, 1.165) is 23.1 Å². The molecule has 0 fully saturated rings. The Kier molecular flexibility index (Phi) is 17.3. The van der Waals surface area contributed by atoms with Crippen LogP contribution in [0, 0.1) is 6.92 Å². The Balaban J connectivity index is 0.000000234. The zero-order valence-corrected chi connectivity index (χ0v) is 26.1. The Morgan fingerprint density at radius 3 is 1.80 bits per heavy atom. The summed E-state index contributed by atoms with van der Waals surface area (Å²) >= 11 is 0. The van der Waals surface area contributed by atoms with Crippen LogP contribution in [0.5, 0.6) is 0 Å². The number of ether oxygens (including phenoxy) is 3. The average molecular weight is 605 g/mol. The van der Waals surface area contributed by atoms with Crippen molar-refractivity contribution in [3.63, 3.8) is 0 Å². The van der Waals surface area contributed by atoms with Crippen LogP contribution in [-0.4, -0.2) is 80.6 Å². The molecule has 2 unspecified atom stereocenters. The first-order chi connectivity index (χ1) is 20.0. The molecular weight excluding hydrogens is 563 g/mol. The van der Waals surface area contributed by atoms with E-state index in [1.54, 1.807) is 21.6 Å². The molecule has 2 atom stereocenters. The number of halogens is 1. The van der Waals surface area contributed by atoms with Crippen molar-refractivity contribution in [2.24, 2.45) is 20.0 Å². The quantitative estimate of drug-likeness (QED) is 0.316. The average Bonchev–Trinajstić information content (AvgIpc) is 3.00. The summed E-state index contributed by atoms with van der Waals surface area (Å²) in [6, 6.07) is 19.8. The second-order valence-electron chi connectivity index (χ2n) is 8.56. The molecule has 11 heteroatoms. The molecule has 2 aliphatic rings. The van der Waals surface area contributed by atoms with Gasteiger partial charge in [-0.1, -0.05) is 87.8 Å². The zero-order valence-electron chi connectivity index (χ0n) is 24.5. The van der Waals surface area contributed by atoms with E-state index in [1.165, 1.54) is 5.56 Å². The van der Waals surface area contributed by atoms with Gasteiger partial charge in [0.05, 0.1) is 19.8 Å². The van der Waals surface area contributed by atoms with E-state index in [2.05, 4.69) is 50.2 Å². The number of hydrogen-bond donors (Lipinski definition) is 0. The van der Waals surface area contributed by atoms with Crippen LogP contribution in [0.4, 0.5) is 4.53 Å². The topological polar surface area (TPSA) is 86.4 Å². The van der Waals surface area contributed by atoms with Gasteiger partial charge < -0.3 is 14.2 Å². The maximum Gasteiger partial charge on any atom is 0.256 e. The fraction of sp³-hybridized carbons (Fsp3) is 0.467. The van der Waals surface area contributed by atoms with Crippen molar-refractivity contribution in [3.8, 4) is 0 Å². The molecular formula is C30H41FN4O4S2. The summed E-state index contributed by atoms with van der Waals surface area (Å²) in [6.07, 6.45) is 2.67. The number of rotatable bonds is 8. The summed E-state index contributed by atoms with van der Waals surface area (Å²) in [5.41, 5.74) is 2.42. The van der Waals surface area contributed by atoms with Gasteiger partial charge in [-0.15, -0.1) is 0 Å². The molecule has 2 heterocycles. The predicted molar refractivity (Wildman–Crippen MR) is 171 cm³/mol. The van der Waals surface area contributed by atoms with Gasteiger partial charge in [0.2, 0.25) is 17.7 Å². The van der Waals surface area contributed by atoms with Gasteiger partial charge in [-0.05, 0) is 39.5 Å². The Morgan fingerprint density at radius 1 is 0.756 bits per heavy atom. The largest absolute Gasteiger partial charge is 0.480 e. The maximum atomic E-state index is 12.2. The van der Waals surface area contributed by atoms with Crippen molar-refractivity contribution in [3.05, 3.63) is 71.8 Å². The number of hydrogen-bond acceptors (Lipinski definition) is 10. The number of benzene rings is 2. The minimum absolute atomic E-state index is 0.000570. The predicted octanol–water partition coefficient (Wildman–Crippen LogP) is 6.59. The van der Waals surface area contributed by atoms with E-state index in [0.29, 0.717) is 38.7 Å². The van der Waals surface area contributed by atoms with Crippen LogP contribution in [0.2, 0.25) is 0 Å². The lowest BCUT2D eigenvalue weighted by Gasteiger charge is -2.20. The van der Waals surface area contributed by atoms with Crippen LogP contribution in [0.15, 0.2) is 80.6 Å². The van der Waals surface area contributed by atoms with Gasteiger partial charge in [0.1, 0.15) is 25.2 Å². The molecule has 2 aromatic rings. The highest BCUT2D eigenvalue weighted by Crippen LogP contribution is 2.21. The first kappa shape index (κ1) is 34.2. The van der Waals surface area contributed by atoms with Crippen molar-refractivity contribution in [2.75, 3.05) is 44.9 Å². The van der Waals surface area contributed by atoms with Gasteiger partial charge in [-0.2, -0.15) is 0 Å². The standard InChI is InChI=1S/C13H15FN2O2.C10H18N2O2S2.C7H8/c1-2-17-13-11(16-12(18-14)9-15-13)8-10-6-4-3-5-7-10;1-4-13-9-6-11-10(14-5-2)8(12-9)7-16-15-3;1-7-5-3-2-4-6-7/h3-7,11H,2,8-9H2,1H3;8H,4-7H2,1-3H3;2-6H,1H3. The molecule has 0 saturated heterocycles.